The molecule has 7 atom stereocenters. The van der Waals surface area contributed by atoms with Gasteiger partial charge in [-0.3, -0.25) is 38.4 Å². The minimum absolute atomic E-state index is 0.0567. The third-order valence-corrected chi connectivity index (χ3v) is 7.77. The van der Waals surface area contributed by atoms with Gasteiger partial charge in [0.1, 0.15) is 42.5 Å². The molecule has 0 spiro atoms. The Kier molecular flexibility index (Phi) is 18.0. The van der Waals surface area contributed by atoms with Crippen LogP contribution in [0.4, 0.5) is 0 Å². The lowest BCUT2D eigenvalue weighted by Gasteiger charge is -2.28. The van der Waals surface area contributed by atoms with Crippen LogP contribution in [0.15, 0.2) is 24.3 Å². The number of hydrogen-bond donors (Lipinski definition) is 11. The van der Waals surface area contributed by atoms with Crippen molar-refractivity contribution in [1.82, 2.24) is 31.9 Å². The summed E-state index contributed by atoms with van der Waals surface area (Å²) >= 11 is 0. The van der Waals surface area contributed by atoms with Crippen molar-refractivity contribution in [2.24, 2.45) is 23.3 Å². The molecule has 284 valence electrons. The molecule has 0 unspecified atom stereocenters. The fourth-order valence-corrected chi connectivity index (χ4v) is 4.51. The molecule has 0 saturated heterocycles. The highest BCUT2D eigenvalue weighted by molar-refractivity contribution is 5.97. The van der Waals surface area contributed by atoms with E-state index in [1.54, 1.807) is 27.7 Å². The number of amides is 7. The number of carbonyl (C=O) groups is 8. The van der Waals surface area contributed by atoms with Gasteiger partial charge in [-0.1, -0.05) is 46.2 Å². The first-order chi connectivity index (χ1) is 23.8. The molecule has 13 N–H and O–H groups in total. The van der Waals surface area contributed by atoms with Gasteiger partial charge in [-0.15, -0.1) is 0 Å². The molecule has 0 aliphatic rings. The molecule has 0 aliphatic heterocycles. The van der Waals surface area contributed by atoms with Crippen molar-refractivity contribution in [2.75, 3.05) is 13.1 Å². The van der Waals surface area contributed by atoms with Crippen LogP contribution in [-0.2, 0) is 44.8 Å². The number of phenolic OH excluding ortho intramolecular Hbond substituents is 1. The van der Waals surface area contributed by atoms with E-state index in [2.05, 4.69) is 31.9 Å². The number of phenols is 1. The highest BCUT2D eigenvalue weighted by Gasteiger charge is 2.34. The number of carboxylic acid groups (broad SMARTS) is 1. The van der Waals surface area contributed by atoms with Crippen molar-refractivity contribution in [2.45, 2.75) is 90.2 Å². The molecule has 1 rings (SSSR count). The van der Waals surface area contributed by atoms with Crippen LogP contribution in [0.25, 0.3) is 0 Å². The molecule has 0 heterocycles. The van der Waals surface area contributed by atoms with Gasteiger partial charge in [0.05, 0.1) is 19.1 Å². The van der Waals surface area contributed by atoms with Crippen molar-refractivity contribution < 1.29 is 53.7 Å². The van der Waals surface area contributed by atoms with Gasteiger partial charge in [0.25, 0.3) is 0 Å². The lowest BCUT2D eigenvalue weighted by atomic mass is 9.97. The number of nitrogens with two attached hydrogens (primary N) is 2. The molecule has 1 aromatic rings. The van der Waals surface area contributed by atoms with Crippen LogP contribution in [0.3, 0.4) is 0 Å². The summed E-state index contributed by atoms with van der Waals surface area (Å²) < 4.78 is 0. The molecule has 19 nitrogen and oxygen atoms in total. The van der Waals surface area contributed by atoms with E-state index in [4.69, 9.17) is 16.6 Å². The largest absolute Gasteiger partial charge is 0.508 e. The Morgan fingerprint density at radius 3 is 1.76 bits per heavy atom. The zero-order valence-electron chi connectivity index (χ0n) is 29.2. The molecule has 7 amide bonds. The smallest absolute Gasteiger partial charge is 0.322 e. The quantitative estimate of drug-likeness (QED) is 0.0588. The third kappa shape index (κ3) is 15.4. The Morgan fingerprint density at radius 2 is 1.25 bits per heavy atom. The number of rotatable bonds is 21. The predicted octanol–water partition coefficient (Wildman–Crippen LogP) is -3.52. The van der Waals surface area contributed by atoms with Crippen LogP contribution in [0.5, 0.6) is 5.75 Å². The van der Waals surface area contributed by atoms with Crippen molar-refractivity contribution in [1.29, 1.82) is 0 Å². The van der Waals surface area contributed by atoms with Gasteiger partial charge in [-0.25, -0.2) is 0 Å². The van der Waals surface area contributed by atoms with Gasteiger partial charge < -0.3 is 58.7 Å². The monoisotopic (exact) mass is 722 g/mol. The van der Waals surface area contributed by atoms with Gasteiger partial charge >= 0.3 is 5.97 Å². The zero-order chi connectivity index (χ0) is 39.0. The summed E-state index contributed by atoms with van der Waals surface area (Å²) in [7, 11) is 0. The van der Waals surface area contributed by atoms with Gasteiger partial charge in [0, 0.05) is 6.42 Å². The summed E-state index contributed by atoms with van der Waals surface area (Å²) in [5, 5.41) is 42.4. The molecule has 0 saturated carbocycles. The average molecular weight is 723 g/mol. The zero-order valence-corrected chi connectivity index (χ0v) is 29.2. The molecule has 19 heteroatoms. The van der Waals surface area contributed by atoms with Gasteiger partial charge in [0.15, 0.2) is 0 Å². The Morgan fingerprint density at radius 1 is 0.725 bits per heavy atom. The molecule has 0 aromatic heterocycles. The number of aliphatic carboxylic acids is 1. The molecule has 1 aromatic carbocycles. The number of primary amides is 1. The van der Waals surface area contributed by atoms with Gasteiger partial charge in [-0.05, 0) is 36.5 Å². The van der Waals surface area contributed by atoms with Crippen LogP contribution in [0.2, 0.25) is 0 Å². The van der Waals surface area contributed by atoms with E-state index in [0.29, 0.717) is 12.0 Å². The van der Waals surface area contributed by atoms with E-state index < -0.39 is 115 Å². The first-order valence-electron chi connectivity index (χ1n) is 16.2. The lowest BCUT2D eigenvalue weighted by Crippen LogP contribution is -2.60. The minimum atomic E-state index is -1.63. The normalized spacial score (nSPS) is 15.1. The minimum Gasteiger partial charge on any atom is -0.508 e. The molecular formula is C32H50N8O11. The molecular weight excluding hydrogens is 672 g/mol. The summed E-state index contributed by atoms with van der Waals surface area (Å²) in [5.41, 5.74) is 11.6. The van der Waals surface area contributed by atoms with Gasteiger partial charge in [-0.2, -0.15) is 0 Å². The van der Waals surface area contributed by atoms with Crippen LogP contribution < -0.4 is 43.4 Å². The number of benzene rings is 1. The van der Waals surface area contributed by atoms with Gasteiger partial charge in [0.2, 0.25) is 41.4 Å². The number of carboxylic acids is 1. The summed E-state index contributed by atoms with van der Waals surface area (Å²) in [5.74, 6) is -8.44. The Hall–Kier alpha value is -5.30. The van der Waals surface area contributed by atoms with Crippen molar-refractivity contribution >= 4 is 47.3 Å². The predicted molar refractivity (Wildman–Crippen MR) is 181 cm³/mol. The summed E-state index contributed by atoms with van der Waals surface area (Å²) in [4.78, 5) is 101. The van der Waals surface area contributed by atoms with Crippen molar-refractivity contribution in [3.63, 3.8) is 0 Å². The van der Waals surface area contributed by atoms with Crippen molar-refractivity contribution in [3.05, 3.63) is 29.8 Å². The van der Waals surface area contributed by atoms with Crippen LogP contribution in [0, 0.1) is 11.8 Å². The van der Waals surface area contributed by atoms with Crippen LogP contribution in [-0.4, -0.2) is 112 Å². The molecule has 0 radical (unpaired) electrons. The number of aromatic hydroxyl groups is 1. The molecule has 51 heavy (non-hydrogen) atoms. The Labute approximate surface area is 295 Å². The maximum atomic E-state index is 13.5. The van der Waals surface area contributed by atoms with Crippen molar-refractivity contribution in [3.8, 4) is 5.75 Å². The Bertz CT molecular complexity index is 1400. The highest BCUT2D eigenvalue weighted by Crippen LogP contribution is 2.13. The van der Waals surface area contributed by atoms with Crippen LogP contribution >= 0.6 is 0 Å². The summed E-state index contributed by atoms with van der Waals surface area (Å²) in [6.07, 6.45) is -1.78. The second-order valence-electron chi connectivity index (χ2n) is 12.4. The first-order valence-corrected chi connectivity index (χ1v) is 16.2. The molecule has 0 fully saturated rings. The summed E-state index contributed by atoms with van der Waals surface area (Å²) in [6, 6.07) is -1.14. The van der Waals surface area contributed by atoms with E-state index in [1.165, 1.54) is 31.2 Å². The highest BCUT2D eigenvalue weighted by atomic mass is 16.4. The van der Waals surface area contributed by atoms with E-state index >= 15 is 0 Å². The molecule has 0 bridgehead atoms. The van der Waals surface area contributed by atoms with E-state index in [0.717, 1.165) is 0 Å². The molecule has 0 aliphatic carbocycles. The SMILES string of the molecule is CC[C@H](C)[C@H](NC(=O)[C@H](CC(N)=O)NC(=O)[C@H](Cc1ccc(O)cc1)NC(=O)[C@@H](N)[C@@H](C)O)C(=O)NCC(=O)N[C@H](C(=O)NCC(=O)O)C(C)C. The Balaban J connectivity index is 3.15. The average Bonchev–Trinajstić information content (AvgIpc) is 3.06. The van der Waals surface area contributed by atoms with Crippen LogP contribution in [0.1, 0.15) is 53.0 Å². The fourth-order valence-electron chi connectivity index (χ4n) is 4.51. The lowest BCUT2D eigenvalue weighted by molar-refractivity contribution is -0.138. The second kappa shape index (κ2) is 21.0. The fraction of sp³-hybridized carbons (Fsp3) is 0.562. The number of nitrogens with one attached hydrogen (secondary N) is 6. The standard InChI is InChI=1S/C32H50N8O11/c1-6-16(4)27(32(51)35-13-23(44)39-26(15(2)3)31(50)36-14-24(45)46)40-29(48)21(12-22(33)43)37-28(47)20(38-30(49)25(34)17(5)41)11-18-7-9-19(42)10-8-18/h7-10,15-17,20-21,25-27,41-42H,6,11-14,34H2,1-5H3,(H2,33,43)(H,35,51)(H,36,50)(H,37,47)(H,38,49)(H,39,44)(H,40,48)(H,45,46)/t16-,17+,20-,21-,25-,26-,27-/m0/s1. The number of carbonyl (C=O) groups excluding carboxylic acids is 7. The number of aliphatic hydroxyl groups is 1. The first kappa shape index (κ1) is 43.7. The maximum Gasteiger partial charge on any atom is 0.322 e. The summed E-state index contributed by atoms with van der Waals surface area (Å²) in [6.45, 7) is 6.58. The second-order valence-corrected chi connectivity index (χ2v) is 12.4. The number of aliphatic hydroxyl groups excluding tert-OH is 1. The van der Waals surface area contributed by atoms with E-state index in [9.17, 15) is 48.6 Å². The van der Waals surface area contributed by atoms with E-state index in [-0.39, 0.29) is 12.2 Å². The topological polar surface area (TPSA) is 321 Å². The maximum absolute atomic E-state index is 13.5. The van der Waals surface area contributed by atoms with E-state index in [1.807, 2.05) is 0 Å². The third-order valence-electron chi connectivity index (χ3n) is 7.77. The number of hydrogen-bond acceptors (Lipinski definition) is 11.